The van der Waals surface area contributed by atoms with Gasteiger partial charge in [0, 0.05) is 6.92 Å². The van der Waals surface area contributed by atoms with E-state index in [1.807, 2.05) is 26.0 Å². The zero-order chi connectivity index (χ0) is 14.3. The second kappa shape index (κ2) is 7.78. The Morgan fingerprint density at radius 1 is 1.37 bits per heavy atom. The van der Waals surface area contributed by atoms with Crippen LogP contribution >= 0.6 is 15.9 Å². The fraction of sp³-hybridized carbons (Fsp3) is 0.385. The standard InChI is InChI=1S/C13H17BrN2O3/c1-4-18-12-7-10(8-15-16-9(3)17)6-11(14)13(12)19-5-2/h6-8H,4-5H2,1-3H3,(H,16,17)/b15-8-. The first kappa shape index (κ1) is 15.5. The van der Waals surface area contributed by atoms with Crippen LogP contribution in [-0.4, -0.2) is 25.3 Å². The maximum Gasteiger partial charge on any atom is 0.236 e. The molecule has 5 nitrogen and oxygen atoms in total. The molecule has 19 heavy (non-hydrogen) atoms. The molecule has 104 valence electrons. The number of nitrogens with one attached hydrogen (secondary N) is 1. The third-order valence-electron chi connectivity index (χ3n) is 2.06. The van der Waals surface area contributed by atoms with E-state index >= 15 is 0 Å². The maximum atomic E-state index is 10.7. The molecule has 0 spiro atoms. The molecule has 0 radical (unpaired) electrons. The topological polar surface area (TPSA) is 59.9 Å². The van der Waals surface area contributed by atoms with Crippen molar-refractivity contribution >= 4 is 28.1 Å². The number of hydrazone groups is 1. The van der Waals surface area contributed by atoms with E-state index < -0.39 is 0 Å². The minimum atomic E-state index is -0.216. The van der Waals surface area contributed by atoms with E-state index in [2.05, 4.69) is 26.5 Å². The van der Waals surface area contributed by atoms with Gasteiger partial charge in [-0.05, 0) is 47.5 Å². The van der Waals surface area contributed by atoms with E-state index in [1.54, 1.807) is 6.21 Å². The summed E-state index contributed by atoms with van der Waals surface area (Å²) in [6, 6.07) is 3.66. The minimum absolute atomic E-state index is 0.216. The molecule has 1 aromatic rings. The summed E-state index contributed by atoms with van der Waals surface area (Å²) in [6.07, 6.45) is 1.55. The summed E-state index contributed by atoms with van der Waals surface area (Å²) in [6.45, 7) is 6.31. The predicted molar refractivity (Wildman–Crippen MR) is 77.9 cm³/mol. The van der Waals surface area contributed by atoms with Crippen LogP contribution in [0.25, 0.3) is 0 Å². The third kappa shape index (κ3) is 4.90. The van der Waals surface area contributed by atoms with E-state index in [1.165, 1.54) is 6.92 Å². The van der Waals surface area contributed by atoms with Gasteiger partial charge in [0.25, 0.3) is 0 Å². The Kier molecular flexibility index (Phi) is 6.35. The van der Waals surface area contributed by atoms with E-state index in [4.69, 9.17) is 9.47 Å². The SMILES string of the molecule is CCOc1cc(/C=N\NC(C)=O)cc(Br)c1OCC. The number of nitrogens with zero attached hydrogens (tertiary/aromatic N) is 1. The van der Waals surface area contributed by atoms with Crippen molar-refractivity contribution in [3.63, 3.8) is 0 Å². The lowest BCUT2D eigenvalue weighted by Gasteiger charge is -2.13. The molecule has 0 aliphatic rings. The molecule has 1 rings (SSSR count). The normalized spacial score (nSPS) is 10.5. The largest absolute Gasteiger partial charge is 0.490 e. The molecule has 0 aliphatic heterocycles. The summed E-state index contributed by atoms with van der Waals surface area (Å²) in [5, 5.41) is 3.82. The van der Waals surface area contributed by atoms with Crippen molar-refractivity contribution in [2.24, 2.45) is 5.10 Å². The molecule has 0 atom stereocenters. The van der Waals surface area contributed by atoms with Crippen molar-refractivity contribution in [1.29, 1.82) is 0 Å². The van der Waals surface area contributed by atoms with Gasteiger partial charge in [0.1, 0.15) is 0 Å². The second-order valence-electron chi connectivity index (χ2n) is 3.62. The van der Waals surface area contributed by atoms with Gasteiger partial charge < -0.3 is 9.47 Å². The van der Waals surface area contributed by atoms with Crippen molar-refractivity contribution in [2.75, 3.05) is 13.2 Å². The number of hydrogen-bond acceptors (Lipinski definition) is 4. The summed E-state index contributed by atoms with van der Waals surface area (Å²) in [5.74, 6) is 1.09. The summed E-state index contributed by atoms with van der Waals surface area (Å²) >= 11 is 3.44. The summed E-state index contributed by atoms with van der Waals surface area (Å²) in [7, 11) is 0. The Labute approximate surface area is 121 Å². The second-order valence-corrected chi connectivity index (χ2v) is 4.48. The van der Waals surface area contributed by atoms with Crippen LogP contribution in [0.3, 0.4) is 0 Å². The molecule has 0 aromatic heterocycles. The molecule has 0 unspecified atom stereocenters. The molecule has 0 heterocycles. The van der Waals surface area contributed by atoms with Crippen LogP contribution in [0, 0.1) is 0 Å². The number of rotatable bonds is 6. The minimum Gasteiger partial charge on any atom is -0.490 e. The Hall–Kier alpha value is -1.56. The number of amides is 1. The molecular weight excluding hydrogens is 312 g/mol. The van der Waals surface area contributed by atoms with Gasteiger partial charge in [-0.2, -0.15) is 5.10 Å². The Balaban J connectivity index is 3.01. The van der Waals surface area contributed by atoms with Crippen molar-refractivity contribution < 1.29 is 14.3 Å². The summed E-state index contributed by atoms with van der Waals surface area (Å²) < 4.78 is 11.8. The highest BCUT2D eigenvalue weighted by molar-refractivity contribution is 9.10. The molecule has 0 bridgehead atoms. The van der Waals surface area contributed by atoms with Crippen LogP contribution in [0.5, 0.6) is 11.5 Å². The summed E-state index contributed by atoms with van der Waals surface area (Å²) in [5.41, 5.74) is 3.15. The molecule has 1 N–H and O–H groups in total. The summed E-state index contributed by atoms with van der Waals surface area (Å²) in [4.78, 5) is 10.7. The first-order valence-electron chi connectivity index (χ1n) is 5.97. The monoisotopic (exact) mass is 328 g/mol. The van der Waals surface area contributed by atoms with E-state index in [0.29, 0.717) is 24.7 Å². The first-order chi connectivity index (χ1) is 9.08. The fourth-order valence-corrected chi connectivity index (χ4v) is 1.98. The third-order valence-corrected chi connectivity index (χ3v) is 2.65. The Bertz CT molecular complexity index is 475. The lowest BCUT2D eigenvalue weighted by molar-refractivity contribution is -0.118. The average Bonchev–Trinajstić information content (AvgIpc) is 2.33. The molecule has 0 saturated carbocycles. The van der Waals surface area contributed by atoms with Gasteiger partial charge >= 0.3 is 0 Å². The number of hydrogen-bond donors (Lipinski definition) is 1. The number of carbonyl (C=O) groups is 1. The zero-order valence-corrected chi connectivity index (χ0v) is 12.8. The highest BCUT2D eigenvalue weighted by Gasteiger charge is 2.11. The van der Waals surface area contributed by atoms with Crippen LogP contribution in [0.15, 0.2) is 21.7 Å². The van der Waals surface area contributed by atoms with Gasteiger partial charge in [-0.15, -0.1) is 0 Å². The van der Waals surface area contributed by atoms with Gasteiger partial charge in [-0.25, -0.2) is 5.43 Å². The molecule has 0 aliphatic carbocycles. The van der Waals surface area contributed by atoms with E-state index in [0.717, 1.165) is 10.0 Å². The van der Waals surface area contributed by atoms with Gasteiger partial charge in [0.2, 0.25) is 5.91 Å². The Morgan fingerprint density at radius 3 is 2.63 bits per heavy atom. The van der Waals surface area contributed by atoms with Crippen molar-refractivity contribution in [2.45, 2.75) is 20.8 Å². The zero-order valence-electron chi connectivity index (χ0n) is 11.2. The Morgan fingerprint density at radius 2 is 2.05 bits per heavy atom. The number of carbonyl (C=O) groups excluding carboxylic acids is 1. The van der Waals surface area contributed by atoms with E-state index in [9.17, 15) is 4.79 Å². The van der Waals surface area contributed by atoms with Crippen molar-refractivity contribution in [1.82, 2.24) is 5.43 Å². The van der Waals surface area contributed by atoms with Crippen molar-refractivity contribution in [3.05, 3.63) is 22.2 Å². The van der Waals surface area contributed by atoms with Gasteiger partial charge in [-0.3, -0.25) is 4.79 Å². The van der Waals surface area contributed by atoms with Crippen LogP contribution in [0.2, 0.25) is 0 Å². The quantitative estimate of drug-likeness (QED) is 0.645. The molecule has 6 heteroatoms. The highest BCUT2D eigenvalue weighted by Crippen LogP contribution is 2.36. The molecule has 1 amide bonds. The van der Waals surface area contributed by atoms with Crippen LogP contribution in [0.4, 0.5) is 0 Å². The molecule has 1 aromatic carbocycles. The van der Waals surface area contributed by atoms with Crippen molar-refractivity contribution in [3.8, 4) is 11.5 Å². The fourth-order valence-electron chi connectivity index (χ4n) is 1.41. The first-order valence-corrected chi connectivity index (χ1v) is 6.76. The number of benzene rings is 1. The smallest absolute Gasteiger partial charge is 0.236 e. The van der Waals surface area contributed by atoms with E-state index in [-0.39, 0.29) is 5.91 Å². The molecular formula is C13H17BrN2O3. The predicted octanol–water partition coefficient (Wildman–Crippen LogP) is 2.72. The van der Waals surface area contributed by atoms with Crippen LogP contribution in [0.1, 0.15) is 26.3 Å². The van der Waals surface area contributed by atoms with Gasteiger partial charge in [0.15, 0.2) is 11.5 Å². The average molecular weight is 329 g/mol. The lowest BCUT2D eigenvalue weighted by atomic mass is 10.2. The maximum absolute atomic E-state index is 10.7. The number of ether oxygens (including phenoxy) is 2. The molecule has 0 saturated heterocycles. The van der Waals surface area contributed by atoms with Crippen LogP contribution in [-0.2, 0) is 4.79 Å². The highest BCUT2D eigenvalue weighted by atomic mass is 79.9. The number of halogens is 1. The van der Waals surface area contributed by atoms with Crippen LogP contribution < -0.4 is 14.9 Å². The lowest BCUT2D eigenvalue weighted by Crippen LogP contribution is -2.12. The molecule has 0 fully saturated rings. The van der Waals surface area contributed by atoms with Gasteiger partial charge in [-0.1, -0.05) is 0 Å². The van der Waals surface area contributed by atoms with Gasteiger partial charge in [0.05, 0.1) is 23.9 Å².